The van der Waals surface area contributed by atoms with E-state index in [1.54, 1.807) is 12.1 Å². The number of hydrogen-bond acceptors (Lipinski definition) is 6. The molecule has 1 aromatic carbocycles. The lowest BCUT2D eigenvalue weighted by molar-refractivity contribution is -0.119. The maximum absolute atomic E-state index is 14.4. The van der Waals surface area contributed by atoms with Crippen LogP contribution in [0.15, 0.2) is 18.2 Å². The number of carbonyl (C=O) groups excluding carboxylic acids is 3. The van der Waals surface area contributed by atoms with E-state index in [0.29, 0.717) is 37.7 Å². The molecule has 0 aliphatic carbocycles. The molecule has 2 heterocycles. The van der Waals surface area contributed by atoms with Gasteiger partial charge in [0.2, 0.25) is 11.8 Å². The standard InChI is InChI=1S/C16H20FN3O4.C2H5NO/c1-11(21)18-9-13-10-20(16(22)24-13)12-2-3-15(14(17)8-12)19-4-6-23-7-5-19;1-2(3)4/h2-3,8,13H,4-7,9-10H2,1H3,(H,18,21);1H3,(H2,3,4)/t13-;/m0./s1. The maximum Gasteiger partial charge on any atom is 0.414 e. The van der Waals surface area contributed by atoms with Crippen molar-refractivity contribution in [2.45, 2.75) is 20.0 Å². The van der Waals surface area contributed by atoms with Gasteiger partial charge in [-0.3, -0.25) is 14.5 Å². The van der Waals surface area contributed by atoms with E-state index in [1.165, 1.54) is 24.8 Å². The fourth-order valence-corrected chi connectivity index (χ4v) is 2.82. The van der Waals surface area contributed by atoms with E-state index in [1.807, 2.05) is 4.90 Å². The lowest BCUT2D eigenvalue weighted by Gasteiger charge is -2.29. The van der Waals surface area contributed by atoms with Gasteiger partial charge >= 0.3 is 6.09 Å². The van der Waals surface area contributed by atoms with E-state index < -0.39 is 12.2 Å². The largest absolute Gasteiger partial charge is 0.442 e. The van der Waals surface area contributed by atoms with Crippen LogP contribution in [0.3, 0.4) is 0 Å². The number of rotatable bonds is 4. The Hall–Kier alpha value is -2.88. The first-order valence-corrected chi connectivity index (χ1v) is 8.88. The number of anilines is 2. The molecule has 2 aliphatic rings. The van der Waals surface area contributed by atoms with Crippen molar-refractivity contribution in [1.82, 2.24) is 5.32 Å². The van der Waals surface area contributed by atoms with Gasteiger partial charge in [-0.1, -0.05) is 0 Å². The molecular weight excluding hydrogens is 371 g/mol. The highest BCUT2D eigenvalue weighted by Gasteiger charge is 2.32. The van der Waals surface area contributed by atoms with Crippen LogP contribution < -0.4 is 20.9 Å². The molecule has 0 saturated carbocycles. The fraction of sp³-hybridized carbons (Fsp3) is 0.500. The number of benzene rings is 1. The van der Waals surface area contributed by atoms with Crippen LogP contribution >= 0.6 is 0 Å². The van der Waals surface area contributed by atoms with E-state index in [2.05, 4.69) is 11.1 Å². The van der Waals surface area contributed by atoms with Crippen molar-refractivity contribution in [2.75, 3.05) is 49.2 Å². The van der Waals surface area contributed by atoms with Crippen LogP contribution in [0.4, 0.5) is 20.6 Å². The van der Waals surface area contributed by atoms with Crippen LogP contribution in [0.25, 0.3) is 0 Å². The molecule has 0 bridgehead atoms. The summed E-state index contributed by atoms with van der Waals surface area (Å²) in [4.78, 5) is 35.4. The molecule has 3 amide bonds. The summed E-state index contributed by atoms with van der Waals surface area (Å²) in [6, 6.07) is 4.72. The molecule has 154 valence electrons. The smallest absolute Gasteiger partial charge is 0.414 e. The minimum atomic E-state index is -0.538. The summed E-state index contributed by atoms with van der Waals surface area (Å²) in [6.07, 6.45) is -0.979. The Morgan fingerprint density at radius 3 is 2.50 bits per heavy atom. The van der Waals surface area contributed by atoms with Crippen LogP contribution in [0, 0.1) is 5.82 Å². The molecule has 10 heteroatoms. The van der Waals surface area contributed by atoms with Crippen molar-refractivity contribution >= 4 is 29.3 Å². The van der Waals surface area contributed by atoms with E-state index in [4.69, 9.17) is 9.47 Å². The predicted octanol–water partition coefficient (Wildman–Crippen LogP) is 0.615. The number of carbonyl (C=O) groups is 3. The minimum absolute atomic E-state index is 0.189. The Bertz CT molecular complexity index is 720. The molecule has 3 N–H and O–H groups in total. The summed E-state index contributed by atoms with van der Waals surface area (Å²) >= 11 is 0. The molecule has 3 rings (SSSR count). The van der Waals surface area contributed by atoms with Gasteiger partial charge in [-0.2, -0.15) is 0 Å². The average Bonchev–Trinajstić information content (AvgIpc) is 3.01. The van der Waals surface area contributed by atoms with Gasteiger partial charge in [0.05, 0.1) is 37.7 Å². The molecule has 1 aromatic rings. The Balaban J connectivity index is 0.000000640. The Morgan fingerprint density at radius 1 is 1.29 bits per heavy atom. The monoisotopic (exact) mass is 396 g/mol. The van der Waals surface area contributed by atoms with Crippen molar-refractivity contribution in [3.63, 3.8) is 0 Å². The van der Waals surface area contributed by atoms with Gasteiger partial charge < -0.3 is 25.4 Å². The first-order chi connectivity index (χ1) is 13.3. The molecule has 0 spiro atoms. The van der Waals surface area contributed by atoms with Crippen LogP contribution in [0.1, 0.15) is 13.8 Å². The van der Waals surface area contributed by atoms with Crippen LogP contribution in [0.2, 0.25) is 0 Å². The second-order valence-corrected chi connectivity index (χ2v) is 6.40. The third-order valence-corrected chi connectivity index (χ3v) is 4.05. The Morgan fingerprint density at radius 2 is 1.93 bits per heavy atom. The molecular formula is C18H25FN4O5. The zero-order valence-electron chi connectivity index (χ0n) is 15.9. The zero-order chi connectivity index (χ0) is 20.7. The molecule has 1 atom stereocenters. The number of nitrogens with two attached hydrogens (primary N) is 1. The lowest BCUT2D eigenvalue weighted by Crippen LogP contribution is -2.36. The molecule has 0 aromatic heterocycles. The van der Waals surface area contributed by atoms with Crippen molar-refractivity contribution in [1.29, 1.82) is 0 Å². The van der Waals surface area contributed by atoms with Gasteiger partial charge in [-0.15, -0.1) is 0 Å². The van der Waals surface area contributed by atoms with E-state index in [0.717, 1.165) is 0 Å². The van der Waals surface area contributed by atoms with Gasteiger partial charge in [0.25, 0.3) is 0 Å². The number of amides is 3. The van der Waals surface area contributed by atoms with Gasteiger partial charge in [0.15, 0.2) is 0 Å². The van der Waals surface area contributed by atoms with E-state index >= 15 is 0 Å². The number of cyclic esters (lactones) is 1. The van der Waals surface area contributed by atoms with Crippen molar-refractivity contribution in [3.8, 4) is 0 Å². The van der Waals surface area contributed by atoms with Gasteiger partial charge in [-0.25, -0.2) is 9.18 Å². The minimum Gasteiger partial charge on any atom is -0.442 e. The van der Waals surface area contributed by atoms with Crippen LogP contribution in [-0.4, -0.2) is 63.4 Å². The number of nitrogens with one attached hydrogen (secondary N) is 1. The van der Waals surface area contributed by atoms with Gasteiger partial charge in [0, 0.05) is 26.9 Å². The number of morpholine rings is 1. The number of primary amides is 1. The topological polar surface area (TPSA) is 114 Å². The summed E-state index contributed by atoms with van der Waals surface area (Å²) in [5.74, 6) is -0.905. The number of hydrogen-bond donors (Lipinski definition) is 2. The van der Waals surface area contributed by atoms with Gasteiger partial charge in [0.1, 0.15) is 11.9 Å². The summed E-state index contributed by atoms with van der Waals surface area (Å²) in [5, 5.41) is 2.61. The normalized spacial score (nSPS) is 18.8. The Kier molecular flexibility index (Phi) is 7.56. The molecule has 2 saturated heterocycles. The summed E-state index contributed by atoms with van der Waals surface area (Å²) in [7, 11) is 0. The molecule has 0 unspecified atom stereocenters. The first-order valence-electron chi connectivity index (χ1n) is 8.88. The summed E-state index contributed by atoms with van der Waals surface area (Å²) < 4.78 is 24.9. The second-order valence-electron chi connectivity index (χ2n) is 6.40. The summed E-state index contributed by atoms with van der Waals surface area (Å²) in [5.41, 5.74) is 5.42. The molecule has 28 heavy (non-hydrogen) atoms. The predicted molar refractivity (Wildman–Crippen MR) is 101 cm³/mol. The van der Waals surface area contributed by atoms with E-state index in [-0.39, 0.29) is 30.7 Å². The zero-order valence-corrected chi connectivity index (χ0v) is 15.9. The number of halogens is 1. The SMILES string of the molecule is CC(=O)NC[C@H]1CN(c2ccc(N3CCOCC3)c(F)c2)C(=O)O1.CC(N)=O. The molecule has 0 radical (unpaired) electrons. The Labute approximate surface area is 162 Å². The number of nitrogens with zero attached hydrogens (tertiary/aromatic N) is 2. The van der Waals surface area contributed by atoms with Crippen molar-refractivity contribution in [2.24, 2.45) is 5.73 Å². The number of ether oxygens (including phenoxy) is 2. The van der Waals surface area contributed by atoms with Crippen molar-refractivity contribution < 1.29 is 28.2 Å². The maximum atomic E-state index is 14.4. The fourth-order valence-electron chi connectivity index (χ4n) is 2.82. The lowest BCUT2D eigenvalue weighted by atomic mass is 10.2. The van der Waals surface area contributed by atoms with Gasteiger partial charge in [-0.05, 0) is 18.2 Å². The molecule has 9 nitrogen and oxygen atoms in total. The summed E-state index contributed by atoms with van der Waals surface area (Å²) in [6.45, 7) is 5.65. The third kappa shape index (κ3) is 6.08. The quantitative estimate of drug-likeness (QED) is 0.771. The van der Waals surface area contributed by atoms with Crippen LogP contribution in [0.5, 0.6) is 0 Å². The highest BCUT2D eigenvalue weighted by atomic mass is 19.1. The molecule has 2 aliphatic heterocycles. The van der Waals surface area contributed by atoms with Crippen LogP contribution in [-0.2, 0) is 19.1 Å². The van der Waals surface area contributed by atoms with Crippen molar-refractivity contribution in [3.05, 3.63) is 24.0 Å². The molecule has 2 fully saturated rings. The third-order valence-electron chi connectivity index (χ3n) is 4.05. The second kappa shape index (κ2) is 9.88. The van der Waals surface area contributed by atoms with E-state index in [9.17, 15) is 18.8 Å². The first kappa shape index (κ1) is 21.4. The highest BCUT2D eigenvalue weighted by molar-refractivity contribution is 5.90. The average molecular weight is 396 g/mol. The highest BCUT2D eigenvalue weighted by Crippen LogP contribution is 2.28.